The molecular weight excluding hydrogens is 264 g/mol. The number of allylic oxidation sites excluding steroid dienone is 1. The van der Waals surface area contributed by atoms with Crippen LogP contribution in [0, 0.1) is 0 Å². The van der Waals surface area contributed by atoms with E-state index in [0.29, 0.717) is 0 Å². The summed E-state index contributed by atoms with van der Waals surface area (Å²) in [5.41, 5.74) is 9.52. The van der Waals surface area contributed by atoms with Gasteiger partial charge in [-0.25, -0.2) is 0 Å². The number of hydrogen-bond donors (Lipinski definition) is 0. The van der Waals surface area contributed by atoms with Gasteiger partial charge in [0.25, 0.3) is 0 Å². The lowest BCUT2D eigenvalue weighted by atomic mass is 10.00. The average Bonchev–Trinajstić information content (AvgIpc) is 2.94. The lowest BCUT2D eigenvalue weighted by Crippen LogP contribution is -1.83. The van der Waals surface area contributed by atoms with Gasteiger partial charge in [-0.3, -0.25) is 0 Å². The van der Waals surface area contributed by atoms with E-state index in [1.165, 1.54) is 39.0 Å². The molecule has 106 valence electrons. The molecule has 0 saturated carbocycles. The molecule has 1 aliphatic rings. The van der Waals surface area contributed by atoms with Crippen LogP contribution < -0.4 is 0 Å². The average molecular weight is 282 g/mol. The molecule has 0 heterocycles. The Morgan fingerprint density at radius 1 is 0.773 bits per heavy atom. The Morgan fingerprint density at radius 2 is 1.50 bits per heavy atom. The van der Waals surface area contributed by atoms with Crippen molar-refractivity contribution >= 4 is 11.6 Å². The third-order valence-electron chi connectivity index (χ3n) is 4.43. The first-order chi connectivity index (χ1) is 10.8. The van der Waals surface area contributed by atoms with Crippen LogP contribution in [0.1, 0.15) is 29.2 Å². The summed E-state index contributed by atoms with van der Waals surface area (Å²) in [4.78, 5) is 0. The van der Waals surface area contributed by atoms with Gasteiger partial charge in [0.1, 0.15) is 0 Å². The van der Waals surface area contributed by atoms with Gasteiger partial charge in [0, 0.05) is 0 Å². The smallest absolute Gasteiger partial charge is 0.00134 e. The second-order valence-corrected chi connectivity index (χ2v) is 5.94. The van der Waals surface area contributed by atoms with E-state index in [-0.39, 0.29) is 0 Å². The van der Waals surface area contributed by atoms with Gasteiger partial charge < -0.3 is 0 Å². The van der Waals surface area contributed by atoms with Crippen LogP contribution in [0.2, 0.25) is 0 Å². The van der Waals surface area contributed by atoms with Crippen LogP contribution in [-0.2, 0) is 6.42 Å². The fraction of sp³-hybridized carbons (Fsp3) is 0.0909. The topological polar surface area (TPSA) is 0 Å². The number of hydrogen-bond acceptors (Lipinski definition) is 0. The molecule has 0 amide bonds. The molecule has 22 heavy (non-hydrogen) atoms. The van der Waals surface area contributed by atoms with E-state index < -0.39 is 0 Å². The van der Waals surface area contributed by atoms with E-state index >= 15 is 0 Å². The quantitative estimate of drug-likeness (QED) is 0.406. The van der Waals surface area contributed by atoms with E-state index in [0.717, 1.165) is 6.42 Å². The van der Waals surface area contributed by atoms with Gasteiger partial charge in [-0.1, -0.05) is 72.8 Å². The molecule has 0 atom stereocenters. The van der Waals surface area contributed by atoms with Crippen LogP contribution in [0.4, 0.5) is 0 Å². The molecule has 0 fully saturated rings. The Balaban J connectivity index is 1.75. The lowest BCUT2D eigenvalue weighted by molar-refractivity contribution is 1.26. The fourth-order valence-corrected chi connectivity index (χ4v) is 3.27. The maximum absolute atomic E-state index is 2.33. The summed E-state index contributed by atoms with van der Waals surface area (Å²) in [6.07, 6.45) is 3.34. The molecule has 0 heteroatoms. The summed E-state index contributed by atoms with van der Waals surface area (Å²) in [5.74, 6) is 0. The van der Waals surface area contributed by atoms with Crippen LogP contribution in [-0.4, -0.2) is 0 Å². The first-order valence-corrected chi connectivity index (χ1v) is 7.76. The summed E-state index contributed by atoms with van der Waals surface area (Å²) in [6, 6.07) is 26.1. The minimum absolute atomic E-state index is 1.06. The summed E-state index contributed by atoms with van der Waals surface area (Å²) in [5, 5.41) is 0. The van der Waals surface area contributed by atoms with Crippen molar-refractivity contribution in [3.63, 3.8) is 0 Å². The molecule has 4 rings (SSSR count). The normalized spacial score (nSPS) is 12.9. The van der Waals surface area contributed by atoms with Crippen molar-refractivity contribution in [2.75, 3.05) is 0 Å². The van der Waals surface area contributed by atoms with Gasteiger partial charge in [-0.05, 0) is 58.4 Å². The van der Waals surface area contributed by atoms with Gasteiger partial charge in [0.2, 0.25) is 0 Å². The zero-order chi connectivity index (χ0) is 14.9. The highest BCUT2D eigenvalue weighted by atomic mass is 14.2. The van der Waals surface area contributed by atoms with Gasteiger partial charge in [-0.2, -0.15) is 0 Å². The second-order valence-electron chi connectivity index (χ2n) is 5.94. The summed E-state index contributed by atoms with van der Waals surface area (Å²) in [7, 11) is 0. The second kappa shape index (κ2) is 5.31. The first-order valence-electron chi connectivity index (χ1n) is 7.76. The Labute approximate surface area is 131 Å². The van der Waals surface area contributed by atoms with Gasteiger partial charge >= 0.3 is 0 Å². The van der Waals surface area contributed by atoms with Crippen LogP contribution in [0.5, 0.6) is 0 Å². The van der Waals surface area contributed by atoms with Crippen molar-refractivity contribution in [3.8, 4) is 11.1 Å². The standard InChI is InChI=1S/C22H18/c1-16(18-7-3-2-4-8-18)13-17-11-12-20-15-19-9-5-6-10-21(19)22(20)14-17/h2-14H,15H2,1H3. The number of benzene rings is 3. The maximum atomic E-state index is 2.33. The third kappa shape index (κ3) is 2.27. The van der Waals surface area contributed by atoms with Crippen LogP contribution in [0.15, 0.2) is 72.8 Å². The highest BCUT2D eigenvalue weighted by Crippen LogP contribution is 2.37. The zero-order valence-electron chi connectivity index (χ0n) is 12.7. The van der Waals surface area contributed by atoms with Crippen molar-refractivity contribution in [1.29, 1.82) is 0 Å². The lowest BCUT2D eigenvalue weighted by Gasteiger charge is -2.05. The Kier molecular flexibility index (Phi) is 3.16. The van der Waals surface area contributed by atoms with Crippen molar-refractivity contribution < 1.29 is 0 Å². The molecule has 3 aromatic carbocycles. The van der Waals surface area contributed by atoms with Crippen molar-refractivity contribution in [2.45, 2.75) is 13.3 Å². The predicted molar refractivity (Wildman–Crippen MR) is 94.7 cm³/mol. The summed E-state index contributed by atoms with van der Waals surface area (Å²) in [6.45, 7) is 2.18. The highest BCUT2D eigenvalue weighted by molar-refractivity contribution is 5.84. The molecule has 0 bridgehead atoms. The van der Waals surface area contributed by atoms with Crippen molar-refractivity contribution in [2.24, 2.45) is 0 Å². The molecule has 0 N–H and O–H groups in total. The van der Waals surface area contributed by atoms with E-state index in [4.69, 9.17) is 0 Å². The fourth-order valence-electron chi connectivity index (χ4n) is 3.27. The monoisotopic (exact) mass is 282 g/mol. The Hall–Kier alpha value is -2.60. The molecule has 3 aromatic rings. The Bertz CT molecular complexity index is 854. The highest BCUT2D eigenvalue weighted by Gasteiger charge is 2.17. The largest absolute Gasteiger partial charge is 0.0622 e. The molecule has 0 aliphatic heterocycles. The molecule has 1 aliphatic carbocycles. The molecule has 0 unspecified atom stereocenters. The van der Waals surface area contributed by atoms with E-state index in [2.05, 4.69) is 85.8 Å². The maximum Gasteiger partial charge on any atom is -0.00134 e. The molecule has 0 radical (unpaired) electrons. The third-order valence-corrected chi connectivity index (χ3v) is 4.43. The molecule has 0 aromatic heterocycles. The van der Waals surface area contributed by atoms with Crippen LogP contribution >= 0.6 is 0 Å². The van der Waals surface area contributed by atoms with Gasteiger partial charge in [0.05, 0.1) is 0 Å². The van der Waals surface area contributed by atoms with Crippen LogP contribution in [0.3, 0.4) is 0 Å². The van der Waals surface area contributed by atoms with Crippen molar-refractivity contribution in [1.82, 2.24) is 0 Å². The number of fused-ring (bicyclic) bond motifs is 3. The number of rotatable bonds is 2. The van der Waals surface area contributed by atoms with E-state index in [1.54, 1.807) is 0 Å². The van der Waals surface area contributed by atoms with Crippen molar-refractivity contribution in [3.05, 3.63) is 95.1 Å². The molecule has 0 spiro atoms. The minimum Gasteiger partial charge on any atom is -0.0622 e. The molecular formula is C22H18. The summed E-state index contributed by atoms with van der Waals surface area (Å²) < 4.78 is 0. The van der Waals surface area contributed by atoms with E-state index in [9.17, 15) is 0 Å². The van der Waals surface area contributed by atoms with Crippen LogP contribution in [0.25, 0.3) is 22.8 Å². The Morgan fingerprint density at radius 3 is 2.36 bits per heavy atom. The molecule has 0 saturated heterocycles. The SMILES string of the molecule is CC(=Cc1ccc2c(c1)-c1ccccc1C2)c1ccccc1. The van der Waals surface area contributed by atoms with E-state index in [1.807, 2.05) is 0 Å². The predicted octanol–water partition coefficient (Wildman–Crippen LogP) is 5.82. The zero-order valence-corrected chi connectivity index (χ0v) is 12.7. The van der Waals surface area contributed by atoms with Gasteiger partial charge in [0.15, 0.2) is 0 Å². The first kappa shape index (κ1) is 13.1. The minimum atomic E-state index is 1.06. The molecule has 0 nitrogen and oxygen atoms in total. The van der Waals surface area contributed by atoms with Gasteiger partial charge in [-0.15, -0.1) is 0 Å². The summed E-state index contributed by atoms with van der Waals surface area (Å²) >= 11 is 0.